The van der Waals surface area contributed by atoms with Gasteiger partial charge in [-0.25, -0.2) is 4.68 Å². The van der Waals surface area contributed by atoms with Gasteiger partial charge >= 0.3 is 0 Å². The summed E-state index contributed by atoms with van der Waals surface area (Å²) >= 11 is 7.90. The van der Waals surface area contributed by atoms with Gasteiger partial charge in [0.05, 0.1) is 13.2 Å². The van der Waals surface area contributed by atoms with Crippen molar-refractivity contribution < 1.29 is 14.3 Å². The van der Waals surface area contributed by atoms with E-state index in [-0.39, 0.29) is 11.2 Å². The Morgan fingerprint density at radius 2 is 1.95 bits per heavy atom. The average molecular weight is 581 g/mol. The number of anilines is 1. The fourth-order valence-electron chi connectivity index (χ4n) is 5.20. The first-order valence-corrected chi connectivity index (χ1v) is 15.3. The first kappa shape index (κ1) is 28.6. The van der Waals surface area contributed by atoms with Gasteiger partial charge in [0.2, 0.25) is 11.1 Å². The summed E-state index contributed by atoms with van der Waals surface area (Å²) in [6, 6.07) is 13.3. The molecule has 2 aliphatic rings. The molecule has 2 aromatic carbocycles. The highest BCUT2D eigenvalue weighted by Gasteiger charge is 2.42. The molecule has 5 rings (SSSR count). The molecule has 0 bridgehead atoms. The molecular weight excluding hydrogens is 544 g/mol. The van der Waals surface area contributed by atoms with Gasteiger partial charge in [0, 0.05) is 28.5 Å². The van der Waals surface area contributed by atoms with E-state index in [4.69, 9.17) is 31.2 Å². The van der Waals surface area contributed by atoms with Gasteiger partial charge in [0.25, 0.3) is 0 Å². The summed E-state index contributed by atoms with van der Waals surface area (Å²) < 4.78 is 13.9. The first-order valence-electron chi connectivity index (χ1n) is 13.9. The number of carbonyl (C=O) groups excluding carboxylic acids is 1. The lowest BCUT2D eigenvalue weighted by Gasteiger charge is -2.38. The molecule has 1 N–H and O–H groups in total. The second-order valence-electron chi connectivity index (χ2n) is 11.6. The molecule has 1 aromatic heterocycles. The summed E-state index contributed by atoms with van der Waals surface area (Å²) in [6.07, 6.45) is 2.20. The smallest absolute Gasteiger partial charge is 0.227 e. The standard InChI is InChI=1S/C31H37ClN4O3S/c1-6-38-26-15-20(11-12-25(26)39-14-13-19(2)3)28-27-23(16-31(4,5)17-24(27)37)33-29-34-30(35-36(28)29)40-18-21-9-7-8-10-22(21)32/h7-12,15,19,28H,6,13-14,16-18H2,1-5H3,(H,33,34,35). The Morgan fingerprint density at radius 3 is 2.70 bits per heavy atom. The van der Waals surface area contributed by atoms with E-state index in [1.54, 1.807) is 0 Å². The molecule has 0 radical (unpaired) electrons. The average Bonchev–Trinajstić information content (AvgIpc) is 3.29. The number of hydrogen-bond acceptors (Lipinski definition) is 7. The zero-order valence-electron chi connectivity index (χ0n) is 23.8. The van der Waals surface area contributed by atoms with Crippen molar-refractivity contribution in [3.63, 3.8) is 0 Å². The van der Waals surface area contributed by atoms with Crippen LogP contribution in [0.3, 0.4) is 0 Å². The Hall–Kier alpha value is -2.97. The van der Waals surface area contributed by atoms with Crippen molar-refractivity contribution in [3.05, 3.63) is 69.9 Å². The normalized spacial score (nSPS) is 17.9. The Balaban J connectivity index is 1.52. The molecule has 0 amide bonds. The number of halogens is 1. The van der Waals surface area contributed by atoms with Crippen LogP contribution < -0.4 is 14.8 Å². The molecule has 1 aliphatic carbocycles. The predicted octanol–water partition coefficient (Wildman–Crippen LogP) is 7.71. The van der Waals surface area contributed by atoms with Crippen molar-refractivity contribution in [3.8, 4) is 11.5 Å². The SMILES string of the molecule is CCOc1cc(C2C3=C(CC(C)(C)CC3=O)Nc3nc(SCc4ccccc4Cl)nn32)ccc1OCCC(C)C. The van der Waals surface area contributed by atoms with E-state index < -0.39 is 6.04 Å². The van der Waals surface area contributed by atoms with Crippen LogP contribution in [0.25, 0.3) is 0 Å². The fourth-order valence-corrected chi connectivity index (χ4v) is 6.32. The Bertz CT molecular complexity index is 1430. The molecule has 2 heterocycles. The minimum Gasteiger partial charge on any atom is -0.490 e. The Kier molecular flexibility index (Phi) is 8.47. The van der Waals surface area contributed by atoms with E-state index in [9.17, 15) is 4.79 Å². The number of benzene rings is 2. The molecule has 0 saturated heterocycles. The number of allylic oxidation sites excluding steroid dienone is 2. The van der Waals surface area contributed by atoms with Crippen LogP contribution in [0.5, 0.6) is 11.5 Å². The molecular formula is C31H37ClN4O3S. The maximum absolute atomic E-state index is 13.6. The van der Waals surface area contributed by atoms with Gasteiger partial charge in [-0.05, 0) is 60.4 Å². The summed E-state index contributed by atoms with van der Waals surface area (Å²) in [5, 5.41) is 9.69. The zero-order valence-corrected chi connectivity index (χ0v) is 25.4. The number of nitrogens with one attached hydrogen (secondary N) is 1. The third kappa shape index (κ3) is 6.18. The van der Waals surface area contributed by atoms with Crippen LogP contribution in [0.1, 0.15) is 71.0 Å². The van der Waals surface area contributed by atoms with Crippen molar-refractivity contribution in [2.45, 2.75) is 70.8 Å². The summed E-state index contributed by atoms with van der Waals surface area (Å²) in [6.45, 7) is 11.7. The topological polar surface area (TPSA) is 78.3 Å². The van der Waals surface area contributed by atoms with E-state index in [2.05, 4.69) is 33.0 Å². The molecule has 0 saturated carbocycles. The number of ether oxygens (including phenoxy) is 2. The Morgan fingerprint density at radius 1 is 1.15 bits per heavy atom. The summed E-state index contributed by atoms with van der Waals surface area (Å²) in [5.41, 5.74) is 3.46. The van der Waals surface area contributed by atoms with Crippen molar-refractivity contribution in [1.82, 2.24) is 14.8 Å². The number of ketones is 1. The van der Waals surface area contributed by atoms with Gasteiger partial charge in [-0.3, -0.25) is 4.79 Å². The molecule has 1 unspecified atom stereocenters. The van der Waals surface area contributed by atoms with Crippen molar-refractivity contribution >= 4 is 35.1 Å². The van der Waals surface area contributed by atoms with Crippen molar-refractivity contribution in [2.75, 3.05) is 18.5 Å². The Labute approximate surface area is 245 Å². The zero-order chi connectivity index (χ0) is 28.4. The van der Waals surface area contributed by atoms with Crippen LogP contribution in [0.2, 0.25) is 5.02 Å². The second kappa shape index (κ2) is 11.9. The second-order valence-corrected chi connectivity index (χ2v) is 12.9. The van der Waals surface area contributed by atoms with Gasteiger partial charge in [0.15, 0.2) is 17.3 Å². The lowest BCUT2D eigenvalue weighted by Crippen LogP contribution is -2.36. The third-order valence-corrected chi connectivity index (χ3v) is 8.42. The lowest BCUT2D eigenvalue weighted by molar-refractivity contribution is -0.118. The van der Waals surface area contributed by atoms with Gasteiger partial charge in [-0.15, -0.1) is 5.10 Å². The summed E-state index contributed by atoms with van der Waals surface area (Å²) in [7, 11) is 0. The molecule has 7 nitrogen and oxygen atoms in total. The first-order chi connectivity index (χ1) is 19.1. The molecule has 40 heavy (non-hydrogen) atoms. The van der Waals surface area contributed by atoms with E-state index in [0.717, 1.165) is 40.3 Å². The molecule has 0 fully saturated rings. The van der Waals surface area contributed by atoms with Crippen LogP contribution in [0, 0.1) is 11.3 Å². The summed E-state index contributed by atoms with van der Waals surface area (Å²) in [4.78, 5) is 18.5. The highest BCUT2D eigenvalue weighted by atomic mass is 35.5. The van der Waals surface area contributed by atoms with Crippen molar-refractivity contribution in [2.24, 2.45) is 11.3 Å². The fraction of sp³-hybridized carbons (Fsp3) is 0.452. The van der Waals surface area contributed by atoms with Crippen LogP contribution >= 0.6 is 23.4 Å². The number of aromatic nitrogens is 3. The molecule has 3 aromatic rings. The van der Waals surface area contributed by atoms with Gasteiger partial charge < -0.3 is 14.8 Å². The van der Waals surface area contributed by atoms with E-state index in [1.165, 1.54) is 11.8 Å². The minimum atomic E-state index is -0.416. The minimum absolute atomic E-state index is 0.130. The monoisotopic (exact) mass is 580 g/mol. The highest BCUT2D eigenvalue weighted by Crippen LogP contribution is 2.47. The summed E-state index contributed by atoms with van der Waals surface area (Å²) in [5.74, 6) is 3.33. The van der Waals surface area contributed by atoms with Gasteiger partial charge in [-0.1, -0.05) is 75.3 Å². The highest BCUT2D eigenvalue weighted by molar-refractivity contribution is 7.98. The maximum atomic E-state index is 13.6. The molecule has 1 atom stereocenters. The largest absolute Gasteiger partial charge is 0.490 e. The number of rotatable bonds is 10. The van der Waals surface area contributed by atoms with Gasteiger partial charge in [-0.2, -0.15) is 4.98 Å². The van der Waals surface area contributed by atoms with Crippen LogP contribution in [-0.2, 0) is 10.5 Å². The number of thioether (sulfide) groups is 1. The van der Waals surface area contributed by atoms with E-state index in [0.29, 0.717) is 53.9 Å². The number of hydrogen-bond donors (Lipinski definition) is 1. The number of nitrogens with zero attached hydrogens (tertiary/aromatic N) is 3. The number of Topliss-reactive ketones (excluding diaryl/α,β-unsaturated/α-hetero) is 1. The van der Waals surface area contributed by atoms with Crippen LogP contribution in [0.4, 0.5) is 5.95 Å². The van der Waals surface area contributed by atoms with Crippen LogP contribution in [0.15, 0.2) is 58.9 Å². The molecule has 0 spiro atoms. The van der Waals surface area contributed by atoms with Crippen LogP contribution in [-0.4, -0.2) is 33.8 Å². The number of carbonyl (C=O) groups is 1. The molecule has 212 valence electrons. The van der Waals surface area contributed by atoms with Gasteiger partial charge in [0.1, 0.15) is 6.04 Å². The lowest BCUT2D eigenvalue weighted by atomic mass is 9.73. The molecule has 9 heteroatoms. The van der Waals surface area contributed by atoms with Crippen molar-refractivity contribution in [1.29, 1.82) is 0 Å². The predicted molar refractivity (Wildman–Crippen MR) is 160 cm³/mol. The van der Waals surface area contributed by atoms with E-state index in [1.807, 2.05) is 54.1 Å². The number of fused-ring (bicyclic) bond motifs is 1. The molecule has 1 aliphatic heterocycles. The van der Waals surface area contributed by atoms with E-state index >= 15 is 0 Å². The maximum Gasteiger partial charge on any atom is 0.227 e. The quantitative estimate of drug-likeness (QED) is 0.246. The third-order valence-electron chi connectivity index (χ3n) is 7.16.